The molecule has 0 aromatic heterocycles. The van der Waals surface area contributed by atoms with Gasteiger partial charge in [0.05, 0.1) is 9.79 Å². The minimum atomic E-state index is -4.37. The van der Waals surface area contributed by atoms with E-state index in [1.54, 1.807) is 72.8 Å². The van der Waals surface area contributed by atoms with Crippen molar-refractivity contribution in [3.05, 3.63) is 84.9 Å². The van der Waals surface area contributed by atoms with Crippen molar-refractivity contribution in [3.8, 4) is 22.3 Å². The van der Waals surface area contributed by atoms with Crippen molar-refractivity contribution in [2.24, 2.45) is 0 Å². The van der Waals surface area contributed by atoms with E-state index in [4.69, 9.17) is 0 Å². The molecule has 0 heterocycles. The van der Waals surface area contributed by atoms with Crippen LogP contribution in [0, 0.1) is 0 Å². The fourth-order valence-corrected chi connectivity index (χ4v) is 4.19. The largest absolute Gasteiger partial charge is 1.00 e. The topological polar surface area (TPSA) is 114 Å². The van der Waals surface area contributed by atoms with Crippen LogP contribution < -0.4 is 59.1 Å². The first-order valence-corrected chi connectivity index (χ1v) is 10.9. The summed E-state index contributed by atoms with van der Waals surface area (Å²) in [6.07, 6.45) is 0. The quantitative estimate of drug-likeness (QED) is 0.239. The minimum absolute atomic E-state index is 0. The molecule has 0 unspecified atom stereocenters. The summed E-state index contributed by atoms with van der Waals surface area (Å²) >= 11 is 0. The van der Waals surface area contributed by atoms with Gasteiger partial charge in [0.25, 0.3) is 0 Å². The average molecular weight is 460 g/mol. The average Bonchev–Trinajstić information content (AvgIpc) is 3.04. The molecule has 144 valence electrons. The molecule has 6 nitrogen and oxygen atoms in total. The maximum absolute atomic E-state index is 10.9. The molecule has 0 bridgehead atoms. The van der Waals surface area contributed by atoms with Gasteiger partial charge in [0.2, 0.25) is 0 Å². The van der Waals surface area contributed by atoms with E-state index in [9.17, 15) is 25.9 Å². The van der Waals surface area contributed by atoms with Gasteiger partial charge in [0.1, 0.15) is 20.2 Å². The Kier molecular flexibility index (Phi) is 10.2. The second-order valence-corrected chi connectivity index (χ2v) is 8.56. The van der Waals surface area contributed by atoms with Gasteiger partial charge in [-0.1, -0.05) is 72.8 Å². The Morgan fingerprint density at radius 1 is 0.467 bits per heavy atom. The smallest absolute Gasteiger partial charge is 0.744 e. The molecule has 4 rings (SSSR count). The molecule has 0 aromatic rings. The monoisotopic (exact) mass is 460 g/mol. The van der Waals surface area contributed by atoms with E-state index in [0.717, 1.165) is 11.1 Å². The van der Waals surface area contributed by atoms with Gasteiger partial charge in [0, 0.05) is 0 Å². The third-order valence-corrected chi connectivity index (χ3v) is 5.83. The molecule has 0 N–H and O–H groups in total. The van der Waals surface area contributed by atoms with E-state index in [2.05, 4.69) is 0 Å². The number of rotatable bonds is 2. The number of hydrogen-bond donors (Lipinski definition) is 0. The van der Waals surface area contributed by atoms with Crippen LogP contribution in [0.4, 0.5) is 0 Å². The first kappa shape index (κ1) is 27.3. The Morgan fingerprint density at radius 3 is 1.13 bits per heavy atom. The third-order valence-electron chi connectivity index (χ3n) is 4.04. The number of fused-ring (bicyclic) bond motifs is 2. The summed E-state index contributed by atoms with van der Waals surface area (Å²) in [5.41, 5.74) is 2.46. The molecule has 4 aliphatic carbocycles. The number of hydrogen-bond acceptors (Lipinski definition) is 6. The predicted molar refractivity (Wildman–Crippen MR) is 102 cm³/mol. The summed E-state index contributed by atoms with van der Waals surface area (Å²) in [6, 6.07) is 23.3. The molecule has 0 saturated heterocycles. The molecular weight excluding hydrogens is 446 g/mol. The molecule has 0 amide bonds. The Morgan fingerprint density at radius 2 is 0.800 bits per heavy atom. The standard InChI is InChI=1S/2C10H8O3S.2Na/c2*11-14(12,13)10-7-6-8-4-2-1-3-5-9(8)10;;/h2*1-7H,(H,11,12,13);;/q;;2*+1/p-2. The van der Waals surface area contributed by atoms with Gasteiger partial charge in [-0.15, -0.1) is 0 Å². The van der Waals surface area contributed by atoms with Crippen LogP contribution in [-0.4, -0.2) is 25.9 Å². The van der Waals surface area contributed by atoms with Crippen molar-refractivity contribution >= 4 is 20.2 Å². The van der Waals surface area contributed by atoms with Gasteiger partial charge in [0.15, 0.2) is 0 Å². The summed E-state index contributed by atoms with van der Waals surface area (Å²) in [6.45, 7) is 0. The molecule has 10 heteroatoms. The van der Waals surface area contributed by atoms with Crippen LogP contribution >= 0.6 is 0 Å². The van der Waals surface area contributed by atoms with Gasteiger partial charge in [-0.3, -0.25) is 0 Å². The zero-order valence-corrected chi connectivity index (χ0v) is 22.0. The van der Waals surface area contributed by atoms with Crippen LogP contribution in [0.2, 0.25) is 0 Å². The van der Waals surface area contributed by atoms with Crippen LogP contribution in [-0.2, 0) is 20.2 Å². The van der Waals surface area contributed by atoms with E-state index in [-0.39, 0.29) is 68.9 Å². The second kappa shape index (κ2) is 11.2. The minimum Gasteiger partial charge on any atom is -0.744 e. The van der Waals surface area contributed by atoms with E-state index in [0.29, 0.717) is 11.1 Å². The Bertz CT molecular complexity index is 1170. The fraction of sp³-hybridized carbons (Fsp3) is 0. The van der Waals surface area contributed by atoms with Crippen molar-refractivity contribution in [2.75, 3.05) is 0 Å². The zero-order chi connectivity index (χ0) is 20.4. The van der Waals surface area contributed by atoms with E-state index >= 15 is 0 Å². The van der Waals surface area contributed by atoms with E-state index in [1.165, 1.54) is 12.1 Å². The first-order valence-electron chi connectivity index (χ1n) is 8.05. The summed E-state index contributed by atoms with van der Waals surface area (Å²) in [4.78, 5) is -0.299. The Labute approximate surface area is 220 Å². The maximum atomic E-state index is 10.9. The van der Waals surface area contributed by atoms with Crippen LogP contribution in [0.5, 0.6) is 0 Å². The second-order valence-electron chi connectivity index (χ2n) is 5.86. The molecule has 0 aliphatic heterocycles. The van der Waals surface area contributed by atoms with Gasteiger partial charge in [-0.2, -0.15) is 0 Å². The molecule has 0 radical (unpaired) electrons. The van der Waals surface area contributed by atoms with Crippen molar-refractivity contribution in [3.63, 3.8) is 0 Å². The predicted octanol–water partition coefficient (Wildman–Crippen LogP) is -2.60. The summed E-state index contributed by atoms with van der Waals surface area (Å²) in [5.74, 6) is 0. The molecule has 4 aliphatic rings. The van der Waals surface area contributed by atoms with E-state index in [1.807, 2.05) is 0 Å². The molecule has 0 atom stereocenters. The van der Waals surface area contributed by atoms with Crippen molar-refractivity contribution in [1.82, 2.24) is 0 Å². The summed E-state index contributed by atoms with van der Waals surface area (Å²) in [5, 5.41) is 0. The van der Waals surface area contributed by atoms with Crippen LogP contribution in [0.15, 0.2) is 94.7 Å². The van der Waals surface area contributed by atoms with Gasteiger partial charge in [-0.25, -0.2) is 16.8 Å². The van der Waals surface area contributed by atoms with E-state index < -0.39 is 20.2 Å². The van der Waals surface area contributed by atoms with Gasteiger partial charge in [-0.05, 0) is 34.4 Å². The molecule has 0 saturated carbocycles. The Balaban J connectivity index is 0.000000281. The van der Waals surface area contributed by atoms with Gasteiger partial charge >= 0.3 is 59.1 Å². The normalized spacial score (nSPS) is 11.0. The summed E-state index contributed by atoms with van der Waals surface area (Å²) in [7, 11) is -8.73. The van der Waals surface area contributed by atoms with Crippen molar-refractivity contribution in [1.29, 1.82) is 0 Å². The third kappa shape index (κ3) is 6.61. The van der Waals surface area contributed by atoms with Crippen LogP contribution in [0.25, 0.3) is 22.3 Å². The molecule has 30 heavy (non-hydrogen) atoms. The Hall–Kier alpha value is -0.780. The van der Waals surface area contributed by atoms with Crippen molar-refractivity contribution < 1.29 is 85.1 Å². The SMILES string of the molecule is O=S(=O)([O-])c1ccc2cccccc1-2.O=S(=O)([O-])c1ccc2cccccc1-2.[Na+].[Na+]. The molecule has 0 spiro atoms. The van der Waals surface area contributed by atoms with Crippen LogP contribution in [0.1, 0.15) is 0 Å². The first-order chi connectivity index (χ1) is 13.2. The van der Waals surface area contributed by atoms with Crippen molar-refractivity contribution in [2.45, 2.75) is 9.79 Å². The van der Waals surface area contributed by atoms with Crippen LogP contribution in [0.3, 0.4) is 0 Å². The fourth-order valence-electron chi connectivity index (χ4n) is 2.81. The molecular formula is C20H14Na2O6S2. The molecule has 0 fully saturated rings. The zero-order valence-electron chi connectivity index (χ0n) is 16.3. The molecule has 0 aromatic carbocycles. The summed E-state index contributed by atoms with van der Waals surface area (Å²) < 4.78 is 65.1. The van der Waals surface area contributed by atoms with Gasteiger partial charge < -0.3 is 9.11 Å². The maximum Gasteiger partial charge on any atom is 1.00 e.